The molecule has 3 rings (SSSR count). The molecule has 2 fully saturated rings. The molecular weight excluding hydrogens is 384 g/mol. The number of aryl methyl sites for hydroxylation is 1. The van der Waals surface area contributed by atoms with Gasteiger partial charge in [0.05, 0.1) is 6.04 Å². The van der Waals surface area contributed by atoms with E-state index in [9.17, 15) is 5.11 Å². The van der Waals surface area contributed by atoms with Crippen LogP contribution in [0.5, 0.6) is 5.75 Å². The Bertz CT molecular complexity index is 501. The second kappa shape index (κ2) is 8.13. The zero-order valence-electron chi connectivity index (χ0n) is 12.3. The number of aromatic hydroxyl groups is 1. The van der Waals surface area contributed by atoms with Gasteiger partial charge in [0, 0.05) is 11.8 Å². The van der Waals surface area contributed by atoms with E-state index in [-0.39, 0.29) is 0 Å². The second-order valence-electron chi connectivity index (χ2n) is 5.99. The zero-order chi connectivity index (χ0) is 15.3. The number of nitrogens with zero attached hydrogens (tertiary/aromatic N) is 1. The van der Waals surface area contributed by atoms with Gasteiger partial charge in [0.25, 0.3) is 0 Å². The van der Waals surface area contributed by atoms with Crippen LogP contribution in [0.2, 0.25) is 0 Å². The first-order valence-corrected chi connectivity index (χ1v) is 13.7. The van der Waals surface area contributed by atoms with Crippen molar-refractivity contribution in [1.29, 1.82) is 0 Å². The number of phenols is 1. The van der Waals surface area contributed by atoms with Gasteiger partial charge in [-0.05, 0) is 49.7 Å². The van der Waals surface area contributed by atoms with E-state index < -0.39 is 20.8 Å². The normalized spacial score (nSPS) is 22.7. The maximum atomic E-state index is 9.97. The molecular formula is C16H21Cl2NOZr. The van der Waals surface area contributed by atoms with Crippen LogP contribution in [0.15, 0.2) is 23.2 Å². The molecule has 0 radical (unpaired) electrons. The number of benzene rings is 1. The van der Waals surface area contributed by atoms with E-state index in [0.29, 0.717) is 17.2 Å². The number of phenolic OH excluding ortho intramolecular Hbond substituents is 1. The number of para-hydroxylation sites is 1. The molecule has 1 aromatic rings. The van der Waals surface area contributed by atoms with E-state index in [1.807, 2.05) is 31.3 Å². The first-order chi connectivity index (χ1) is 10.1. The number of hydrogen-bond donors (Lipinski definition) is 1. The van der Waals surface area contributed by atoms with Crippen LogP contribution in [0, 0.1) is 12.3 Å². The Hall–Kier alpha value is 0.153. The van der Waals surface area contributed by atoms with Crippen molar-refractivity contribution < 1.29 is 26.0 Å². The van der Waals surface area contributed by atoms with E-state index >= 15 is 0 Å². The molecule has 21 heavy (non-hydrogen) atoms. The van der Waals surface area contributed by atoms with Crippen molar-refractivity contribution in [3.8, 4) is 5.75 Å². The Morgan fingerprint density at radius 3 is 2.52 bits per heavy atom. The van der Waals surface area contributed by atoms with Crippen molar-refractivity contribution in [1.82, 2.24) is 0 Å². The summed E-state index contributed by atoms with van der Waals surface area (Å²) in [7, 11) is 9.87. The SMILES string of the molecule is Cc1cccc(C=NC2CCC23CCCC3)c1O.[Cl][Zr][Cl]. The quantitative estimate of drug-likeness (QED) is 0.673. The van der Waals surface area contributed by atoms with Crippen molar-refractivity contribution in [2.75, 3.05) is 0 Å². The summed E-state index contributed by atoms with van der Waals surface area (Å²) >= 11 is -0.826. The van der Waals surface area contributed by atoms with Crippen molar-refractivity contribution in [3.05, 3.63) is 29.3 Å². The van der Waals surface area contributed by atoms with Gasteiger partial charge in [-0.1, -0.05) is 25.0 Å². The van der Waals surface area contributed by atoms with Crippen LogP contribution in [-0.2, 0) is 20.8 Å². The van der Waals surface area contributed by atoms with Crippen LogP contribution in [0.1, 0.15) is 49.7 Å². The molecule has 0 saturated heterocycles. The summed E-state index contributed by atoms with van der Waals surface area (Å²) in [5.41, 5.74) is 2.30. The van der Waals surface area contributed by atoms with Crippen LogP contribution in [0.3, 0.4) is 0 Å². The van der Waals surface area contributed by atoms with E-state index in [4.69, 9.17) is 22.0 Å². The molecule has 2 aliphatic rings. The molecule has 1 spiro atoms. The second-order valence-corrected chi connectivity index (χ2v) is 9.72. The van der Waals surface area contributed by atoms with E-state index in [2.05, 4.69) is 0 Å². The Balaban J connectivity index is 0.000000497. The van der Waals surface area contributed by atoms with Gasteiger partial charge >= 0.3 is 37.9 Å². The fourth-order valence-corrected chi connectivity index (χ4v) is 3.53. The van der Waals surface area contributed by atoms with Gasteiger partial charge in [-0.3, -0.25) is 4.99 Å². The Morgan fingerprint density at radius 1 is 1.29 bits per heavy atom. The summed E-state index contributed by atoms with van der Waals surface area (Å²) in [4.78, 5) is 4.75. The van der Waals surface area contributed by atoms with E-state index in [1.165, 1.54) is 38.5 Å². The topological polar surface area (TPSA) is 32.6 Å². The van der Waals surface area contributed by atoms with Crippen LogP contribution in [-0.4, -0.2) is 17.4 Å². The molecule has 1 N–H and O–H groups in total. The molecule has 2 nitrogen and oxygen atoms in total. The third-order valence-electron chi connectivity index (χ3n) is 4.88. The fraction of sp³-hybridized carbons (Fsp3) is 0.562. The van der Waals surface area contributed by atoms with E-state index in [0.717, 1.165) is 11.1 Å². The van der Waals surface area contributed by atoms with Gasteiger partial charge in [-0.15, -0.1) is 0 Å². The van der Waals surface area contributed by atoms with Crippen LogP contribution < -0.4 is 0 Å². The molecule has 1 aromatic carbocycles. The molecule has 114 valence electrons. The minimum absolute atomic E-state index is 0.376. The summed E-state index contributed by atoms with van der Waals surface area (Å²) in [6.45, 7) is 1.93. The van der Waals surface area contributed by atoms with Gasteiger partial charge in [0.15, 0.2) is 0 Å². The predicted molar refractivity (Wildman–Crippen MR) is 86.1 cm³/mol. The van der Waals surface area contributed by atoms with Gasteiger partial charge in [0.1, 0.15) is 5.75 Å². The Kier molecular flexibility index (Phi) is 6.78. The van der Waals surface area contributed by atoms with Crippen molar-refractivity contribution >= 4 is 23.2 Å². The first-order valence-electron chi connectivity index (χ1n) is 7.41. The van der Waals surface area contributed by atoms with Crippen molar-refractivity contribution in [2.24, 2.45) is 10.4 Å². The van der Waals surface area contributed by atoms with Gasteiger partial charge < -0.3 is 5.11 Å². The molecule has 0 heterocycles. The van der Waals surface area contributed by atoms with Crippen LogP contribution in [0.4, 0.5) is 0 Å². The van der Waals surface area contributed by atoms with Crippen molar-refractivity contribution in [3.63, 3.8) is 0 Å². The van der Waals surface area contributed by atoms with E-state index in [1.54, 1.807) is 0 Å². The minimum atomic E-state index is -0.826. The van der Waals surface area contributed by atoms with Crippen molar-refractivity contribution in [2.45, 2.75) is 51.5 Å². The Labute approximate surface area is 145 Å². The molecule has 0 amide bonds. The molecule has 0 bridgehead atoms. The number of hydrogen-bond acceptors (Lipinski definition) is 2. The average Bonchev–Trinajstić information content (AvgIpc) is 2.95. The first kappa shape index (κ1) is 17.5. The standard InChI is InChI=1S/C16H21NO.2ClH.Zr/c1-12-5-4-6-13(15(12)18)11-17-14-7-10-16(14)8-2-3-9-16;;;/h4-6,11,14,18H,2-3,7-10H2,1H3;2*1H;/q;;;+2/p-2. The summed E-state index contributed by atoms with van der Waals surface area (Å²) in [6.07, 6.45) is 9.93. The predicted octanol–water partition coefficient (Wildman–Crippen LogP) is 5.22. The average molecular weight is 405 g/mol. The van der Waals surface area contributed by atoms with Crippen LogP contribution in [0.25, 0.3) is 0 Å². The van der Waals surface area contributed by atoms with Crippen LogP contribution >= 0.6 is 17.0 Å². The van der Waals surface area contributed by atoms with Gasteiger partial charge in [-0.2, -0.15) is 0 Å². The molecule has 1 unspecified atom stereocenters. The zero-order valence-corrected chi connectivity index (χ0v) is 16.2. The molecule has 0 aromatic heterocycles. The Morgan fingerprint density at radius 2 is 1.95 bits per heavy atom. The maximum absolute atomic E-state index is 9.97. The summed E-state index contributed by atoms with van der Waals surface area (Å²) in [5, 5.41) is 9.97. The third-order valence-corrected chi connectivity index (χ3v) is 4.88. The number of aliphatic imine (C=N–C) groups is 1. The summed E-state index contributed by atoms with van der Waals surface area (Å²) < 4.78 is 0. The molecule has 0 aliphatic heterocycles. The van der Waals surface area contributed by atoms with Gasteiger partial charge in [-0.25, -0.2) is 0 Å². The monoisotopic (exact) mass is 403 g/mol. The fourth-order valence-electron chi connectivity index (χ4n) is 3.53. The summed E-state index contributed by atoms with van der Waals surface area (Å²) in [5.74, 6) is 0.376. The molecule has 1 atom stereocenters. The molecule has 2 aliphatic carbocycles. The number of rotatable bonds is 2. The third kappa shape index (κ3) is 4.12. The molecule has 2 saturated carbocycles. The number of halogens is 2. The summed E-state index contributed by atoms with van der Waals surface area (Å²) in [6, 6.07) is 6.34. The van der Waals surface area contributed by atoms with Gasteiger partial charge in [0.2, 0.25) is 0 Å². The molecule has 5 heteroatoms.